The van der Waals surface area contributed by atoms with Crippen molar-refractivity contribution < 1.29 is 30.8 Å². The fourth-order valence-corrected chi connectivity index (χ4v) is 5.02. The van der Waals surface area contributed by atoms with Crippen molar-refractivity contribution in [3.8, 4) is 0 Å². The van der Waals surface area contributed by atoms with Crippen molar-refractivity contribution >= 4 is 39.0 Å². The van der Waals surface area contributed by atoms with E-state index in [1.807, 2.05) is 0 Å². The normalized spacial score (nSPS) is 18.5. The third kappa shape index (κ3) is 4.22. The number of nitrogens with zero attached hydrogens (tertiary/aromatic N) is 3. The second-order valence-corrected chi connectivity index (χ2v) is 9.14. The zero-order valence-electron chi connectivity index (χ0n) is 15.7. The van der Waals surface area contributed by atoms with Crippen LogP contribution in [0.1, 0.15) is 17.7 Å². The number of benzene rings is 1. The van der Waals surface area contributed by atoms with Gasteiger partial charge >= 0.3 is 6.18 Å². The average Bonchev–Trinajstić information content (AvgIpc) is 2.96. The number of pyridine rings is 1. The van der Waals surface area contributed by atoms with Crippen LogP contribution in [0.5, 0.6) is 0 Å². The fourth-order valence-electron chi connectivity index (χ4n) is 3.17. The average molecular weight is 466 g/mol. The van der Waals surface area contributed by atoms with Gasteiger partial charge in [0.25, 0.3) is 5.91 Å². The summed E-state index contributed by atoms with van der Waals surface area (Å²) >= 11 is 5.73. The van der Waals surface area contributed by atoms with Gasteiger partial charge in [0.2, 0.25) is 10.0 Å². The molecule has 3 rings (SSSR count). The molecule has 1 aromatic carbocycles. The van der Waals surface area contributed by atoms with Gasteiger partial charge in [0.05, 0.1) is 16.3 Å². The van der Waals surface area contributed by atoms with Crippen LogP contribution in [-0.2, 0) is 21.0 Å². The van der Waals surface area contributed by atoms with Crippen molar-refractivity contribution in [3.05, 3.63) is 52.4 Å². The summed E-state index contributed by atoms with van der Waals surface area (Å²) in [6.45, 7) is 1.30. The fraction of sp³-hybridized carbons (Fsp3) is 0.333. The zero-order chi connectivity index (χ0) is 22.4. The Hall–Kier alpha value is -2.40. The lowest BCUT2D eigenvalue weighted by Crippen LogP contribution is -2.46. The highest BCUT2D eigenvalue weighted by Gasteiger charge is 2.44. The molecule has 1 aliphatic rings. The van der Waals surface area contributed by atoms with Crippen molar-refractivity contribution in [2.75, 3.05) is 22.0 Å². The van der Waals surface area contributed by atoms with Crippen molar-refractivity contribution in [1.82, 2.24) is 4.98 Å². The van der Waals surface area contributed by atoms with E-state index < -0.39 is 51.1 Å². The van der Waals surface area contributed by atoms with E-state index in [1.54, 1.807) is 0 Å². The number of carbonyl (C=O) groups excluding carboxylic acids is 1. The Morgan fingerprint density at radius 2 is 1.93 bits per heavy atom. The number of hydrogen-bond acceptors (Lipinski definition) is 4. The van der Waals surface area contributed by atoms with Gasteiger partial charge in [-0.05, 0) is 43.7 Å². The van der Waals surface area contributed by atoms with E-state index >= 15 is 0 Å². The van der Waals surface area contributed by atoms with Gasteiger partial charge < -0.3 is 4.90 Å². The van der Waals surface area contributed by atoms with E-state index in [9.17, 15) is 30.8 Å². The predicted octanol–water partition coefficient (Wildman–Crippen LogP) is 3.77. The molecule has 6 nitrogen and oxygen atoms in total. The molecule has 12 heteroatoms. The zero-order valence-corrected chi connectivity index (χ0v) is 17.3. The topological polar surface area (TPSA) is 70.6 Å². The monoisotopic (exact) mass is 465 g/mol. The first-order chi connectivity index (χ1) is 13.8. The smallest absolute Gasteiger partial charge is 0.314 e. The molecule has 162 valence electrons. The summed E-state index contributed by atoms with van der Waals surface area (Å²) < 4.78 is 78.7. The largest absolute Gasteiger partial charge is 0.416 e. The highest BCUT2D eigenvalue weighted by Crippen LogP contribution is 2.35. The number of hydrogen-bond donors (Lipinski definition) is 0. The lowest BCUT2D eigenvalue weighted by Gasteiger charge is -2.28. The second kappa shape index (κ2) is 7.69. The van der Waals surface area contributed by atoms with Crippen LogP contribution in [0.3, 0.4) is 0 Å². The first-order valence-corrected chi connectivity index (χ1v) is 10.6. The summed E-state index contributed by atoms with van der Waals surface area (Å²) in [6.07, 6.45) is -4.86. The van der Waals surface area contributed by atoms with Crippen LogP contribution in [0.2, 0.25) is 5.02 Å². The lowest BCUT2D eigenvalue weighted by atomic mass is 10.1. The molecular formula is C18H16ClF4N3O3S. The van der Waals surface area contributed by atoms with Gasteiger partial charge in [-0.25, -0.2) is 22.1 Å². The highest BCUT2D eigenvalue weighted by molar-refractivity contribution is 7.93. The molecule has 0 spiro atoms. The first-order valence-electron chi connectivity index (χ1n) is 8.62. The van der Waals surface area contributed by atoms with Crippen LogP contribution in [0.4, 0.5) is 29.1 Å². The maximum Gasteiger partial charge on any atom is 0.416 e. The van der Waals surface area contributed by atoms with Gasteiger partial charge in [-0.15, -0.1) is 0 Å². The summed E-state index contributed by atoms with van der Waals surface area (Å²) in [4.78, 5) is 18.0. The molecule has 0 saturated carbocycles. The number of amides is 1. The molecule has 1 amide bonds. The lowest BCUT2D eigenvalue weighted by molar-refractivity contribution is -0.137. The molecule has 1 atom stereocenters. The van der Waals surface area contributed by atoms with Crippen molar-refractivity contribution in [1.29, 1.82) is 0 Å². The molecule has 1 saturated heterocycles. The van der Waals surface area contributed by atoms with Gasteiger partial charge in [0.1, 0.15) is 17.7 Å². The van der Waals surface area contributed by atoms with Crippen LogP contribution in [-0.4, -0.2) is 38.2 Å². The Bertz CT molecular complexity index is 1110. The minimum Gasteiger partial charge on any atom is -0.314 e. The Labute approximate surface area is 175 Å². The van der Waals surface area contributed by atoms with Crippen molar-refractivity contribution in [2.45, 2.75) is 25.6 Å². The quantitative estimate of drug-likeness (QED) is 0.647. The SMILES string of the molecule is Cc1cc(C(F)(F)F)cc(N2[C@@H](C(=O)N(C)c3ccc(F)c(Cl)c3)CCS2(=O)=O)n1. The second-order valence-electron chi connectivity index (χ2n) is 6.77. The van der Waals surface area contributed by atoms with Crippen LogP contribution in [0, 0.1) is 12.7 Å². The first kappa shape index (κ1) is 22.3. The minimum atomic E-state index is -4.72. The molecule has 2 heterocycles. The highest BCUT2D eigenvalue weighted by atomic mass is 35.5. The summed E-state index contributed by atoms with van der Waals surface area (Å²) in [5, 5.41) is -0.238. The summed E-state index contributed by atoms with van der Waals surface area (Å²) in [5.74, 6) is -2.33. The number of sulfonamides is 1. The van der Waals surface area contributed by atoms with Crippen LogP contribution < -0.4 is 9.21 Å². The molecule has 1 fully saturated rings. The maximum atomic E-state index is 13.4. The number of aromatic nitrogens is 1. The van der Waals surface area contributed by atoms with E-state index in [1.165, 1.54) is 26.1 Å². The van der Waals surface area contributed by atoms with Crippen molar-refractivity contribution in [2.24, 2.45) is 0 Å². The number of likely N-dealkylation sites (N-methyl/N-ethyl adjacent to an activating group) is 1. The number of rotatable bonds is 3. The van der Waals surface area contributed by atoms with E-state index in [0.29, 0.717) is 10.4 Å². The molecule has 1 aliphatic heterocycles. The number of anilines is 2. The summed E-state index contributed by atoms with van der Waals surface area (Å²) in [7, 11) is -2.74. The van der Waals surface area contributed by atoms with Crippen LogP contribution in [0.25, 0.3) is 0 Å². The number of alkyl halides is 3. The molecule has 0 N–H and O–H groups in total. The Morgan fingerprint density at radius 3 is 2.53 bits per heavy atom. The maximum absolute atomic E-state index is 13.4. The van der Waals surface area contributed by atoms with E-state index in [0.717, 1.165) is 17.0 Å². The van der Waals surface area contributed by atoms with Gasteiger partial charge in [-0.2, -0.15) is 13.2 Å². The third-order valence-corrected chi connectivity index (χ3v) is 6.71. The molecular weight excluding hydrogens is 450 g/mol. The van der Waals surface area contributed by atoms with Gasteiger partial charge in [0.15, 0.2) is 0 Å². The summed E-state index contributed by atoms with van der Waals surface area (Å²) in [6, 6.07) is 3.59. The third-order valence-electron chi connectivity index (χ3n) is 4.63. The van der Waals surface area contributed by atoms with Gasteiger partial charge in [-0.1, -0.05) is 11.6 Å². The molecule has 30 heavy (non-hydrogen) atoms. The number of aryl methyl sites for hydroxylation is 1. The number of halogens is 5. The summed E-state index contributed by atoms with van der Waals surface area (Å²) in [5.41, 5.74) is -0.924. The minimum absolute atomic E-state index is 0.0493. The van der Waals surface area contributed by atoms with E-state index in [-0.39, 0.29) is 22.8 Å². The van der Waals surface area contributed by atoms with Crippen LogP contribution >= 0.6 is 11.6 Å². The Kier molecular flexibility index (Phi) is 5.72. The molecule has 2 aromatic rings. The molecule has 0 radical (unpaired) electrons. The molecule has 0 bridgehead atoms. The molecule has 0 unspecified atom stereocenters. The Morgan fingerprint density at radius 1 is 1.27 bits per heavy atom. The van der Waals surface area contributed by atoms with Crippen molar-refractivity contribution in [3.63, 3.8) is 0 Å². The van der Waals surface area contributed by atoms with Gasteiger partial charge in [0, 0.05) is 18.4 Å². The van der Waals surface area contributed by atoms with Crippen LogP contribution in [0.15, 0.2) is 30.3 Å². The Balaban J connectivity index is 2.02. The van der Waals surface area contributed by atoms with Gasteiger partial charge in [-0.3, -0.25) is 4.79 Å². The molecule has 0 aliphatic carbocycles. The molecule has 1 aromatic heterocycles. The number of carbonyl (C=O) groups is 1. The predicted molar refractivity (Wildman–Crippen MR) is 103 cm³/mol. The van der Waals surface area contributed by atoms with E-state index in [2.05, 4.69) is 4.98 Å². The standard InChI is InChI=1S/C18H16ClF4N3O3S/c1-10-7-11(18(21,22)23)8-16(24-10)26-15(5-6-30(26,28)29)17(27)25(2)12-3-4-14(20)13(19)9-12/h3-4,7-9,15H,5-6H2,1-2H3/t15-/m1/s1. The van der Waals surface area contributed by atoms with E-state index in [4.69, 9.17) is 11.6 Å².